The van der Waals surface area contributed by atoms with Crippen LogP contribution in [0.5, 0.6) is 0 Å². The van der Waals surface area contributed by atoms with Crippen LogP contribution in [0, 0.1) is 0 Å². The topological polar surface area (TPSA) is 6.48 Å². The third-order valence-electron chi connectivity index (χ3n) is 11.9. The molecule has 8 aromatic rings. The minimum atomic E-state index is 1.02. The van der Waals surface area contributed by atoms with E-state index < -0.39 is 0 Å². The largest absolute Gasteiger partial charge is 0.311 e. The molecule has 0 unspecified atom stereocenters. The second kappa shape index (κ2) is 17.9. The van der Waals surface area contributed by atoms with Crippen LogP contribution in [0.15, 0.2) is 254 Å². The van der Waals surface area contributed by atoms with Crippen molar-refractivity contribution in [2.75, 3.05) is 9.80 Å². The average molecular weight is 797 g/mol. The second-order valence-corrected chi connectivity index (χ2v) is 15.9. The van der Waals surface area contributed by atoms with Crippen LogP contribution in [0.3, 0.4) is 0 Å². The zero-order chi connectivity index (χ0) is 41.5. The third-order valence-corrected chi connectivity index (χ3v) is 11.9. The van der Waals surface area contributed by atoms with Gasteiger partial charge < -0.3 is 9.80 Å². The monoisotopic (exact) mass is 796 g/mol. The summed E-state index contributed by atoms with van der Waals surface area (Å²) < 4.78 is 0. The Morgan fingerprint density at radius 2 is 0.581 bits per heavy atom. The SMILES string of the molecule is C1=CC(N(c2ccc(-c3ccccc3)cc2)c2ccc(-c3ccc(N(C4=CCCC=C4)c4ccc(-c5ccc(-c6ccccc6)cc5)cc4)cc3-c3ccccc3)cc2)=CCC1. The summed E-state index contributed by atoms with van der Waals surface area (Å²) in [4.78, 5) is 4.79. The van der Waals surface area contributed by atoms with Crippen molar-refractivity contribution in [3.05, 3.63) is 254 Å². The molecule has 0 radical (unpaired) electrons. The molecule has 2 nitrogen and oxygen atoms in total. The lowest BCUT2D eigenvalue weighted by atomic mass is 9.93. The molecule has 0 N–H and O–H groups in total. The predicted octanol–water partition coefficient (Wildman–Crippen LogP) is 16.8. The first-order chi connectivity index (χ1) is 30.7. The summed E-state index contributed by atoms with van der Waals surface area (Å²) in [7, 11) is 0. The molecule has 0 amide bonds. The fraction of sp³-hybridized carbons (Fsp3) is 0.0667. The summed E-state index contributed by atoms with van der Waals surface area (Å²) in [5.41, 5.74) is 19.0. The average Bonchev–Trinajstić information content (AvgIpc) is 3.36. The highest BCUT2D eigenvalue weighted by molar-refractivity contribution is 5.89. The van der Waals surface area contributed by atoms with Gasteiger partial charge in [-0.3, -0.25) is 0 Å². The Balaban J connectivity index is 0.991. The van der Waals surface area contributed by atoms with E-state index in [4.69, 9.17) is 0 Å². The quantitative estimate of drug-likeness (QED) is 0.129. The van der Waals surface area contributed by atoms with Crippen molar-refractivity contribution in [3.8, 4) is 55.6 Å². The van der Waals surface area contributed by atoms with Gasteiger partial charge >= 0.3 is 0 Å². The second-order valence-electron chi connectivity index (χ2n) is 15.9. The van der Waals surface area contributed by atoms with Crippen LogP contribution in [0.25, 0.3) is 55.6 Å². The van der Waals surface area contributed by atoms with Gasteiger partial charge in [0.1, 0.15) is 0 Å². The maximum atomic E-state index is 2.41. The molecule has 62 heavy (non-hydrogen) atoms. The van der Waals surface area contributed by atoms with Crippen LogP contribution in [0.1, 0.15) is 25.7 Å². The van der Waals surface area contributed by atoms with Gasteiger partial charge in [-0.2, -0.15) is 0 Å². The molecule has 0 spiro atoms. The molecular formula is C60H48N2. The van der Waals surface area contributed by atoms with Crippen molar-refractivity contribution < 1.29 is 0 Å². The van der Waals surface area contributed by atoms with Crippen molar-refractivity contribution in [3.63, 3.8) is 0 Å². The zero-order valence-corrected chi connectivity index (χ0v) is 34.8. The van der Waals surface area contributed by atoms with E-state index in [-0.39, 0.29) is 0 Å². The Hall–Kier alpha value is -7.68. The van der Waals surface area contributed by atoms with Gasteiger partial charge in [0.25, 0.3) is 0 Å². The van der Waals surface area contributed by atoms with E-state index in [1.165, 1.54) is 67.0 Å². The molecule has 8 aromatic carbocycles. The van der Waals surface area contributed by atoms with Crippen molar-refractivity contribution >= 4 is 22.7 Å². The number of rotatable bonds is 11. The summed E-state index contributed by atoms with van der Waals surface area (Å²) in [5, 5.41) is 0. The number of anilines is 4. The molecular weight excluding hydrogens is 749 g/mol. The molecule has 298 valence electrons. The normalized spacial score (nSPS) is 13.3. The van der Waals surface area contributed by atoms with Gasteiger partial charge in [-0.1, -0.05) is 182 Å². The highest BCUT2D eigenvalue weighted by Gasteiger charge is 2.19. The van der Waals surface area contributed by atoms with Gasteiger partial charge in [-0.05, 0) is 142 Å². The van der Waals surface area contributed by atoms with Crippen molar-refractivity contribution in [2.24, 2.45) is 0 Å². The highest BCUT2D eigenvalue weighted by Crippen LogP contribution is 2.42. The molecule has 0 aromatic heterocycles. The summed E-state index contributed by atoms with van der Waals surface area (Å²) in [6, 6.07) is 74.9. The van der Waals surface area contributed by atoms with Gasteiger partial charge in [-0.25, -0.2) is 0 Å². The maximum Gasteiger partial charge on any atom is 0.0468 e. The summed E-state index contributed by atoms with van der Waals surface area (Å²) >= 11 is 0. The lowest BCUT2D eigenvalue weighted by Crippen LogP contribution is -2.16. The van der Waals surface area contributed by atoms with Gasteiger partial charge in [0.15, 0.2) is 0 Å². The fourth-order valence-electron chi connectivity index (χ4n) is 8.72. The Labute approximate surface area is 366 Å². The number of allylic oxidation sites excluding steroid dienone is 6. The van der Waals surface area contributed by atoms with E-state index in [0.29, 0.717) is 0 Å². The van der Waals surface area contributed by atoms with Crippen LogP contribution in [0.4, 0.5) is 22.7 Å². The molecule has 2 aliphatic carbocycles. The predicted molar refractivity (Wildman–Crippen MR) is 264 cm³/mol. The minimum Gasteiger partial charge on any atom is -0.311 e. The first kappa shape index (κ1) is 38.5. The minimum absolute atomic E-state index is 1.02. The molecule has 0 aliphatic heterocycles. The van der Waals surface area contributed by atoms with E-state index in [1.807, 2.05) is 0 Å². The summed E-state index contributed by atoms with van der Waals surface area (Å²) in [6.07, 6.45) is 18.0. The Kier molecular flexibility index (Phi) is 11.1. The first-order valence-corrected chi connectivity index (χ1v) is 21.8. The van der Waals surface area contributed by atoms with E-state index in [0.717, 1.165) is 48.4 Å². The van der Waals surface area contributed by atoms with E-state index in [9.17, 15) is 0 Å². The van der Waals surface area contributed by atoms with Crippen molar-refractivity contribution in [2.45, 2.75) is 25.7 Å². The standard InChI is InChI=1S/C60H48N2/c1-6-16-45(17-7-1)47-26-28-48(29-27-47)50-32-38-57(39-33-50)62(54-24-14-5-15-25-54)58-42-43-59(60(44-58)51-20-10-3-11-21-51)52-34-40-56(41-35-52)61(53-22-12-4-13-23-53)55-36-30-49(31-37-55)46-18-8-2-9-19-46/h1-3,6-12,14,16-44H,4-5,13,15H2. The third kappa shape index (κ3) is 8.24. The molecule has 2 heteroatoms. The van der Waals surface area contributed by atoms with Crippen LogP contribution in [0.2, 0.25) is 0 Å². The molecule has 0 saturated carbocycles. The number of hydrogen-bond donors (Lipinski definition) is 0. The smallest absolute Gasteiger partial charge is 0.0468 e. The molecule has 0 saturated heterocycles. The number of hydrogen-bond acceptors (Lipinski definition) is 2. The van der Waals surface area contributed by atoms with Crippen LogP contribution in [-0.4, -0.2) is 0 Å². The van der Waals surface area contributed by atoms with Crippen LogP contribution in [-0.2, 0) is 0 Å². The lowest BCUT2D eigenvalue weighted by Gasteiger charge is -2.29. The Morgan fingerprint density at radius 1 is 0.258 bits per heavy atom. The molecule has 0 bridgehead atoms. The number of benzene rings is 8. The van der Waals surface area contributed by atoms with Crippen LogP contribution >= 0.6 is 0 Å². The van der Waals surface area contributed by atoms with Crippen molar-refractivity contribution in [1.82, 2.24) is 0 Å². The fourth-order valence-corrected chi connectivity index (χ4v) is 8.72. The molecule has 10 rings (SSSR count). The molecule has 2 aliphatic rings. The highest BCUT2D eigenvalue weighted by atomic mass is 15.2. The maximum absolute atomic E-state index is 2.41. The van der Waals surface area contributed by atoms with Gasteiger partial charge in [0.05, 0.1) is 0 Å². The summed E-state index contributed by atoms with van der Waals surface area (Å²) in [6.45, 7) is 0. The van der Waals surface area contributed by atoms with E-state index in [2.05, 4.69) is 253 Å². The first-order valence-electron chi connectivity index (χ1n) is 21.8. The molecule has 0 fully saturated rings. The lowest BCUT2D eigenvalue weighted by molar-refractivity contribution is 0.997. The Morgan fingerprint density at radius 3 is 0.984 bits per heavy atom. The summed E-state index contributed by atoms with van der Waals surface area (Å²) in [5.74, 6) is 0. The number of nitrogens with zero attached hydrogens (tertiary/aromatic N) is 2. The van der Waals surface area contributed by atoms with Crippen molar-refractivity contribution in [1.29, 1.82) is 0 Å². The van der Waals surface area contributed by atoms with Crippen LogP contribution < -0.4 is 9.80 Å². The van der Waals surface area contributed by atoms with E-state index >= 15 is 0 Å². The molecule has 0 atom stereocenters. The zero-order valence-electron chi connectivity index (χ0n) is 34.8. The van der Waals surface area contributed by atoms with Gasteiger partial charge in [0.2, 0.25) is 0 Å². The van der Waals surface area contributed by atoms with Gasteiger partial charge in [-0.15, -0.1) is 0 Å². The Bertz CT molecular complexity index is 2890. The molecule has 0 heterocycles. The van der Waals surface area contributed by atoms with E-state index in [1.54, 1.807) is 0 Å². The van der Waals surface area contributed by atoms with Gasteiger partial charge in [0, 0.05) is 34.1 Å².